The van der Waals surface area contributed by atoms with Crippen molar-refractivity contribution in [3.05, 3.63) is 83.2 Å². The van der Waals surface area contributed by atoms with Crippen LogP contribution in [0.25, 0.3) is 11.1 Å². The van der Waals surface area contributed by atoms with Gasteiger partial charge in [-0.25, -0.2) is 4.79 Å². The highest BCUT2D eigenvalue weighted by molar-refractivity contribution is 7.85. The van der Waals surface area contributed by atoms with Crippen LogP contribution in [0.3, 0.4) is 0 Å². The van der Waals surface area contributed by atoms with Crippen LogP contribution in [0.15, 0.2) is 60.8 Å². The molecule has 2 amide bonds. The number of pyridine rings is 1. The zero-order valence-corrected chi connectivity index (χ0v) is 23.7. The Kier molecular flexibility index (Phi) is 9.25. The highest BCUT2D eigenvalue weighted by Gasteiger charge is 2.29. The second-order valence-corrected chi connectivity index (χ2v) is 11.9. The monoisotopic (exact) mass is 581 g/mol. The first-order valence-electron chi connectivity index (χ1n) is 12.3. The number of nitrogens with two attached hydrogens (primary N) is 1. The first kappa shape index (κ1) is 30.9. The van der Waals surface area contributed by atoms with Crippen molar-refractivity contribution in [1.29, 1.82) is 5.41 Å². The molecule has 216 valence electrons. The molecule has 13 heteroatoms. The molecule has 3 aromatic rings. The highest BCUT2D eigenvalue weighted by atomic mass is 32.2. The number of hydrogen-bond acceptors (Lipinski definition) is 8. The molecule has 0 aliphatic rings. The molecule has 6 N–H and O–H groups in total. The summed E-state index contributed by atoms with van der Waals surface area (Å²) in [5.41, 5.74) is 5.93. The Balaban J connectivity index is 1.93. The number of carbonyl (C=O) groups is 3. The molecule has 12 nitrogen and oxygen atoms in total. The normalized spacial score (nSPS) is 12.3. The van der Waals surface area contributed by atoms with Gasteiger partial charge in [0, 0.05) is 11.1 Å². The van der Waals surface area contributed by atoms with Crippen LogP contribution in [-0.4, -0.2) is 61.0 Å². The second kappa shape index (κ2) is 12.3. The quantitative estimate of drug-likeness (QED) is 0.135. The fraction of sp³-hybridized carbons (Fsp3) is 0.250. The molecular weight excluding hydrogens is 550 g/mol. The summed E-state index contributed by atoms with van der Waals surface area (Å²) in [6.45, 7) is 5.09. The lowest BCUT2D eigenvalue weighted by Gasteiger charge is -2.31. The Bertz CT molecular complexity index is 1600. The zero-order chi connectivity index (χ0) is 30.5. The number of nitrogen functional groups attached to an aromatic ring is 1. The van der Waals surface area contributed by atoms with Gasteiger partial charge in [0.1, 0.15) is 11.5 Å². The number of anilines is 1. The molecule has 0 radical (unpaired) electrons. The molecule has 1 aromatic heterocycles. The topological polar surface area (TPSA) is 202 Å². The predicted octanol–water partition coefficient (Wildman–Crippen LogP) is 3.10. The molecule has 1 heterocycles. The molecule has 0 unspecified atom stereocenters. The number of nitrogens with one attached hydrogen (secondary N) is 3. The van der Waals surface area contributed by atoms with Crippen molar-refractivity contribution >= 4 is 39.4 Å². The van der Waals surface area contributed by atoms with Crippen LogP contribution in [0.5, 0.6) is 0 Å². The first-order valence-corrected chi connectivity index (χ1v) is 14.1. The van der Waals surface area contributed by atoms with Crippen LogP contribution in [0, 0.1) is 10.8 Å². The van der Waals surface area contributed by atoms with Crippen LogP contribution >= 0.6 is 0 Å². The van der Waals surface area contributed by atoms with E-state index in [1.165, 1.54) is 42.6 Å². The van der Waals surface area contributed by atoms with E-state index in [1.54, 1.807) is 39.0 Å². The number of amides is 2. The number of carbonyl (C=O) groups excluding carboxylic acids is 2. The predicted molar refractivity (Wildman–Crippen MR) is 154 cm³/mol. The van der Waals surface area contributed by atoms with Gasteiger partial charge in [0.25, 0.3) is 21.9 Å². The number of carboxylic acids is 1. The molecule has 1 atom stereocenters. The largest absolute Gasteiger partial charge is 0.478 e. The lowest BCUT2D eigenvalue weighted by Crippen LogP contribution is -2.47. The average Bonchev–Trinajstić information content (AvgIpc) is 2.89. The lowest BCUT2D eigenvalue weighted by molar-refractivity contribution is 0.0697. The summed E-state index contributed by atoms with van der Waals surface area (Å²) in [7, 11) is -3.75. The van der Waals surface area contributed by atoms with E-state index in [4.69, 9.17) is 15.3 Å². The summed E-state index contributed by atoms with van der Waals surface area (Å²) in [6.07, 6.45) is 2.25. The fourth-order valence-corrected chi connectivity index (χ4v) is 4.16. The van der Waals surface area contributed by atoms with E-state index in [9.17, 15) is 27.9 Å². The van der Waals surface area contributed by atoms with E-state index < -0.39 is 39.4 Å². The number of hydrogen-bond donors (Lipinski definition) is 5. The summed E-state index contributed by atoms with van der Waals surface area (Å²) in [5.74, 6) is -2.69. The summed E-state index contributed by atoms with van der Waals surface area (Å²) in [4.78, 5) is 42.5. The van der Waals surface area contributed by atoms with Gasteiger partial charge >= 0.3 is 5.97 Å². The number of amidine groups is 1. The van der Waals surface area contributed by atoms with Crippen molar-refractivity contribution in [3.63, 3.8) is 0 Å². The Labute approximate surface area is 237 Å². The lowest BCUT2D eigenvalue weighted by atomic mass is 9.87. The van der Waals surface area contributed by atoms with Gasteiger partial charge in [0.2, 0.25) is 0 Å². The van der Waals surface area contributed by atoms with Crippen molar-refractivity contribution in [2.24, 2.45) is 11.1 Å². The minimum Gasteiger partial charge on any atom is -0.478 e. The van der Waals surface area contributed by atoms with Gasteiger partial charge in [0.05, 0.1) is 36.4 Å². The second-order valence-electron chi connectivity index (χ2n) is 10.3. The molecule has 0 aliphatic heterocycles. The number of aromatic nitrogens is 1. The van der Waals surface area contributed by atoms with Gasteiger partial charge in [-0.2, -0.15) is 8.42 Å². The van der Waals surface area contributed by atoms with Crippen molar-refractivity contribution in [3.8, 4) is 11.1 Å². The van der Waals surface area contributed by atoms with E-state index in [2.05, 4.69) is 15.6 Å². The SMILES string of the molecule is CC(C)(C)[C@@H](COS(C)(=O)=O)NC(=O)c1ccc(-c2ccccc2C(=O)Nc2ccc(C(=N)N)nc2)c(C(=O)O)c1. The first-order chi connectivity index (χ1) is 19.1. The van der Waals surface area contributed by atoms with Crippen LogP contribution in [-0.2, 0) is 14.3 Å². The van der Waals surface area contributed by atoms with E-state index in [1.807, 2.05) is 0 Å². The highest BCUT2D eigenvalue weighted by Crippen LogP contribution is 2.29. The fourth-order valence-electron chi connectivity index (χ4n) is 3.78. The Morgan fingerprint density at radius 3 is 2.24 bits per heavy atom. The zero-order valence-electron chi connectivity index (χ0n) is 22.9. The van der Waals surface area contributed by atoms with Crippen molar-refractivity contribution in [2.45, 2.75) is 26.8 Å². The van der Waals surface area contributed by atoms with Crippen LogP contribution in [0.2, 0.25) is 0 Å². The maximum absolute atomic E-state index is 13.2. The summed E-state index contributed by atoms with van der Waals surface area (Å²) >= 11 is 0. The molecule has 3 rings (SSSR count). The van der Waals surface area contributed by atoms with Gasteiger partial charge < -0.3 is 21.5 Å². The van der Waals surface area contributed by atoms with Gasteiger partial charge in [-0.05, 0) is 46.9 Å². The van der Waals surface area contributed by atoms with E-state index in [0.29, 0.717) is 11.3 Å². The van der Waals surface area contributed by atoms with Gasteiger partial charge in [-0.3, -0.25) is 24.2 Å². The van der Waals surface area contributed by atoms with E-state index in [-0.39, 0.29) is 40.4 Å². The Hall–Kier alpha value is -4.62. The third kappa shape index (κ3) is 8.19. The molecule has 41 heavy (non-hydrogen) atoms. The number of aromatic carboxylic acids is 1. The number of rotatable bonds is 10. The summed E-state index contributed by atoms with van der Waals surface area (Å²) in [6, 6.07) is 12.8. The van der Waals surface area contributed by atoms with Crippen LogP contribution in [0.4, 0.5) is 5.69 Å². The minimum absolute atomic E-state index is 0.0262. The summed E-state index contributed by atoms with van der Waals surface area (Å²) < 4.78 is 27.9. The maximum Gasteiger partial charge on any atom is 0.336 e. The van der Waals surface area contributed by atoms with Gasteiger partial charge in [-0.15, -0.1) is 0 Å². The molecular formula is C28H31N5O7S. The van der Waals surface area contributed by atoms with Crippen molar-refractivity contribution in [1.82, 2.24) is 10.3 Å². The maximum atomic E-state index is 13.2. The molecule has 0 bridgehead atoms. The number of nitrogens with zero attached hydrogens (tertiary/aromatic N) is 1. The third-order valence-corrected chi connectivity index (χ3v) is 6.64. The molecule has 2 aromatic carbocycles. The Morgan fingerprint density at radius 2 is 1.68 bits per heavy atom. The standard InChI is InChI=1S/C28H31N5O7S/c1-28(2,3)23(15-40-41(4,38)39)33-25(34)16-9-11-19(21(13-16)27(36)37)18-7-5-6-8-20(18)26(35)32-17-10-12-22(24(29)30)31-14-17/h5-14,23H,15H2,1-4H3,(H3,29,30)(H,32,35)(H,33,34)(H,36,37)/t23-/m1/s1. The van der Waals surface area contributed by atoms with Crippen molar-refractivity contribution in [2.75, 3.05) is 18.2 Å². The third-order valence-electron chi connectivity index (χ3n) is 6.07. The molecule has 0 fully saturated rings. The number of carboxylic acid groups (broad SMARTS) is 1. The van der Waals surface area contributed by atoms with Crippen LogP contribution < -0.4 is 16.4 Å². The van der Waals surface area contributed by atoms with E-state index in [0.717, 1.165) is 6.26 Å². The molecule has 0 spiro atoms. The summed E-state index contributed by atoms with van der Waals surface area (Å²) in [5, 5.41) is 22.8. The van der Waals surface area contributed by atoms with Gasteiger partial charge in [0.15, 0.2) is 0 Å². The minimum atomic E-state index is -3.75. The van der Waals surface area contributed by atoms with Gasteiger partial charge in [-0.1, -0.05) is 45.0 Å². The molecule has 0 aliphatic carbocycles. The molecule has 0 saturated carbocycles. The van der Waals surface area contributed by atoms with Crippen molar-refractivity contribution < 1.29 is 32.1 Å². The molecule has 0 saturated heterocycles. The Morgan fingerprint density at radius 1 is 1.02 bits per heavy atom. The van der Waals surface area contributed by atoms with Crippen LogP contribution in [0.1, 0.15) is 57.5 Å². The smallest absolute Gasteiger partial charge is 0.336 e. The van der Waals surface area contributed by atoms with E-state index >= 15 is 0 Å². The number of benzene rings is 2. The average molecular weight is 582 g/mol.